The van der Waals surface area contributed by atoms with Gasteiger partial charge in [-0.25, -0.2) is 13.7 Å². The van der Waals surface area contributed by atoms with Gasteiger partial charge in [-0.15, -0.1) is 0 Å². The van der Waals surface area contributed by atoms with Gasteiger partial charge in [0.1, 0.15) is 28.8 Å². The molecule has 67 heavy (non-hydrogen) atoms. The molecule has 1 fully saturated rings. The number of pyridine rings is 2. The largest absolute Gasteiger partial charge is 0.505 e. The lowest BCUT2D eigenvalue weighted by Gasteiger charge is -2.23. The number of nitrogens with zero attached hydrogens (tertiary/aromatic N) is 5. The van der Waals surface area contributed by atoms with Gasteiger partial charge in [-0.1, -0.05) is 84.9 Å². The minimum Gasteiger partial charge on any atom is -0.505 e. The molecule has 8 aromatic rings. The van der Waals surface area contributed by atoms with Crippen LogP contribution in [0.1, 0.15) is 73.0 Å². The van der Waals surface area contributed by atoms with Gasteiger partial charge < -0.3 is 25.4 Å². The van der Waals surface area contributed by atoms with E-state index in [1.165, 1.54) is 35.4 Å². The molecule has 12 nitrogen and oxygen atoms in total. The van der Waals surface area contributed by atoms with Gasteiger partial charge in [0.05, 0.1) is 16.8 Å². The van der Waals surface area contributed by atoms with Crippen LogP contribution in [0.4, 0.5) is 20.2 Å². The van der Waals surface area contributed by atoms with E-state index in [0.717, 1.165) is 38.1 Å². The summed E-state index contributed by atoms with van der Waals surface area (Å²) in [6.45, 7) is 0.964. The van der Waals surface area contributed by atoms with Gasteiger partial charge in [-0.3, -0.25) is 29.1 Å². The predicted octanol–water partition coefficient (Wildman–Crippen LogP) is 9.17. The van der Waals surface area contributed by atoms with E-state index in [9.17, 15) is 33.1 Å². The van der Waals surface area contributed by atoms with Crippen molar-refractivity contribution in [1.82, 2.24) is 19.8 Å². The summed E-state index contributed by atoms with van der Waals surface area (Å²) in [5.74, 6) is -1.85. The lowest BCUT2D eigenvalue weighted by atomic mass is 9.99. The van der Waals surface area contributed by atoms with Crippen molar-refractivity contribution in [3.05, 3.63) is 202 Å². The first-order chi connectivity index (χ1) is 32.5. The van der Waals surface area contributed by atoms with Crippen LogP contribution in [-0.4, -0.2) is 48.5 Å². The van der Waals surface area contributed by atoms with E-state index in [1.807, 2.05) is 72.8 Å². The Hall–Kier alpha value is -8.52. The van der Waals surface area contributed by atoms with Crippen molar-refractivity contribution < 1.29 is 37.8 Å². The Kier molecular flexibility index (Phi) is 11.1. The van der Waals surface area contributed by atoms with Gasteiger partial charge in [-0.2, -0.15) is 0 Å². The molecular weight excluding hydrogens is 855 g/mol. The number of hydrogen-bond donors (Lipinski definition) is 2. The molecule has 0 aliphatic carbocycles. The number of carbonyl (C=O) groups is 4. The zero-order valence-electron chi connectivity index (χ0n) is 35.7. The number of anilines is 2. The number of benzene rings is 6. The average molecular weight is 895 g/mol. The number of phenols is 1. The normalized spacial score (nSPS) is 14.3. The minimum absolute atomic E-state index is 0.0470. The molecule has 3 aliphatic rings. The van der Waals surface area contributed by atoms with Crippen LogP contribution in [0.25, 0.3) is 21.8 Å². The van der Waals surface area contributed by atoms with Crippen LogP contribution in [0.15, 0.2) is 146 Å². The van der Waals surface area contributed by atoms with Crippen molar-refractivity contribution in [2.75, 3.05) is 10.6 Å². The first kappa shape index (κ1) is 42.4. The maximum Gasteiger partial charge on any atom is 0.258 e. The first-order valence-electron chi connectivity index (χ1n) is 21.6. The predicted molar refractivity (Wildman–Crippen MR) is 247 cm³/mol. The summed E-state index contributed by atoms with van der Waals surface area (Å²) in [5.41, 5.74) is 13.2. The number of imide groups is 1. The van der Waals surface area contributed by atoms with E-state index in [1.54, 1.807) is 47.5 Å². The van der Waals surface area contributed by atoms with Crippen molar-refractivity contribution in [3.8, 4) is 11.5 Å². The number of amides is 4. The Labute approximate surface area is 382 Å². The maximum atomic E-state index is 13.8. The van der Waals surface area contributed by atoms with Gasteiger partial charge in [-0.05, 0) is 70.8 Å². The highest BCUT2D eigenvalue weighted by Crippen LogP contribution is 2.47. The van der Waals surface area contributed by atoms with E-state index in [4.69, 9.17) is 10.5 Å². The van der Waals surface area contributed by atoms with E-state index >= 15 is 0 Å². The average Bonchev–Trinajstić information content (AvgIpc) is 3.99. The Morgan fingerprint density at radius 3 is 1.64 bits per heavy atom. The van der Waals surface area contributed by atoms with E-state index in [2.05, 4.69) is 9.97 Å². The van der Waals surface area contributed by atoms with Crippen molar-refractivity contribution >= 4 is 56.8 Å². The van der Waals surface area contributed by atoms with Crippen molar-refractivity contribution in [2.24, 2.45) is 0 Å². The Bertz CT molecular complexity index is 3210. The van der Waals surface area contributed by atoms with E-state index in [-0.39, 0.29) is 72.1 Å². The molecule has 6 aromatic carbocycles. The van der Waals surface area contributed by atoms with Crippen molar-refractivity contribution in [2.45, 2.75) is 45.1 Å². The number of aromatic nitrogens is 2. The van der Waals surface area contributed by atoms with Crippen LogP contribution in [-0.2, 0) is 35.8 Å². The highest BCUT2D eigenvalue weighted by molar-refractivity contribution is 6.25. The van der Waals surface area contributed by atoms with E-state index < -0.39 is 12.0 Å². The molecule has 1 saturated heterocycles. The van der Waals surface area contributed by atoms with Crippen LogP contribution in [0.2, 0.25) is 0 Å². The molecule has 14 heteroatoms. The quantitative estimate of drug-likeness (QED) is 0.106. The second kappa shape index (κ2) is 17.5. The zero-order chi connectivity index (χ0) is 46.3. The van der Waals surface area contributed by atoms with Crippen LogP contribution >= 0.6 is 0 Å². The summed E-state index contributed by atoms with van der Waals surface area (Å²) in [4.78, 5) is 65.0. The second-order valence-corrected chi connectivity index (χ2v) is 16.5. The summed E-state index contributed by atoms with van der Waals surface area (Å²) in [5, 5.41) is 12.0. The molecule has 5 heterocycles. The molecule has 0 radical (unpaired) electrons. The second-order valence-electron chi connectivity index (χ2n) is 16.5. The summed E-state index contributed by atoms with van der Waals surface area (Å²) < 4.78 is 33.4. The number of phenolic OH excluding ortho intramolecular Hbond substituents is 1. The minimum atomic E-state index is -0.459. The highest BCUT2D eigenvalue weighted by atomic mass is 19.1. The molecule has 11 rings (SSSR count). The molecule has 0 atom stereocenters. The summed E-state index contributed by atoms with van der Waals surface area (Å²) >= 11 is 0. The fourth-order valence-corrected chi connectivity index (χ4v) is 9.07. The van der Waals surface area contributed by atoms with Gasteiger partial charge in [0.2, 0.25) is 11.8 Å². The zero-order valence-corrected chi connectivity index (χ0v) is 35.7. The number of halogens is 2. The SMILES string of the molecule is Nc1c2c(c(OC(c3ccccc3)c3ccccc3)c3ncccc13)C(=O)N(Cc1ccc(F)cc1)C2.O=C1c2c(c(N3C(=O)CCC3=O)c3cccnc3c2O)CN1Cc1ccc(F)cc1. The molecule has 3 aliphatic heterocycles. The number of ether oxygens (including phenoxy) is 1. The number of rotatable bonds is 9. The van der Waals surface area contributed by atoms with Crippen LogP contribution in [0.3, 0.4) is 0 Å². The lowest BCUT2D eigenvalue weighted by Crippen LogP contribution is -2.30. The fraction of sp³-hybridized carbons (Fsp3) is 0.132. The smallest absolute Gasteiger partial charge is 0.258 e. The molecule has 4 amide bonds. The molecule has 2 aromatic heterocycles. The van der Waals surface area contributed by atoms with Gasteiger partial charge >= 0.3 is 0 Å². The summed E-state index contributed by atoms with van der Waals surface area (Å²) in [6.07, 6.45) is 2.89. The molecule has 0 unspecified atom stereocenters. The maximum absolute atomic E-state index is 13.8. The number of carbonyl (C=O) groups excluding carboxylic acids is 4. The number of fused-ring (bicyclic) bond motifs is 4. The fourth-order valence-electron chi connectivity index (χ4n) is 9.07. The molecule has 3 N–H and O–H groups in total. The third-order valence-electron chi connectivity index (χ3n) is 12.3. The third kappa shape index (κ3) is 7.81. The highest BCUT2D eigenvalue weighted by Gasteiger charge is 2.41. The van der Waals surface area contributed by atoms with E-state index in [0.29, 0.717) is 52.2 Å². The molecular formula is C53H40F2N6O6. The lowest BCUT2D eigenvalue weighted by molar-refractivity contribution is -0.121. The topological polar surface area (TPSA) is 159 Å². The van der Waals surface area contributed by atoms with Gasteiger partial charge in [0.25, 0.3) is 11.8 Å². The molecule has 0 saturated carbocycles. The Morgan fingerprint density at radius 1 is 0.597 bits per heavy atom. The van der Waals surface area contributed by atoms with Crippen LogP contribution in [0.5, 0.6) is 11.5 Å². The summed E-state index contributed by atoms with van der Waals surface area (Å²) in [7, 11) is 0. The first-order valence-corrected chi connectivity index (χ1v) is 21.6. The van der Waals surface area contributed by atoms with Gasteiger partial charge in [0, 0.05) is 79.0 Å². The molecule has 0 spiro atoms. The van der Waals surface area contributed by atoms with Crippen molar-refractivity contribution in [1.29, 1.82) is 0 Å². The number of nitrogen functional groups attached to an aromatic ring is 1. The number of nitrogens with two attached hydrogens (primary N) is 1. The van der Waals surface area contributed by atoms with Crippen molar-refractivity contribution in [3.63, 3.8) is 0 Å². The van der Waals surface area contributed by atoms with Crippen LogP contribution < -0.4 is 15.4 Å². The molecule has 0 bridgehead atoms. The summed E-state index contributed by atoms with van der Waals surface area (Å²) in [6, 6.07) is 38.8. The monoisotopic (exact) mass is 894 g/mol. The third-order valence-corrected chi connectivity index (χ3v) is 12.3. The number of aromatic hydroxyl groups is 1. The number of hydrogen-bond acceptors (Lipinski definition) is 9. The Balaban J connectivity index is 0.000000160. The van der Waals surface area contributed by atoms with Crippen LogP contribution in [0, 0.1) is 11.6 Å². The standard InChI is InChI=1S/C31H24FN3O2.C22H16FN3O4/c32-23-15-13-20(14-16-23)18-35-19-25-26(31(35)36)30(28-24(27(25)33)12-7-17-34-28)37-29(21-8-3-1-4-9-21)22-10-5-2-6-11-22;23-13-5-3-12(4-6-13)10-25-11-15-18(22(25)30)21(29)19-14(2-1-9-24-19)20(15)26-16(27)7-8-17(26)28/h1-17,29H,18-19,33H2;1-6,9,29H,7-8,10-11H2. The van der Waals surface area contributed by atoms with Gasteiger partial charge in [0.15, 0.2) is 11.5 Å². The Morgan fingerprint density at radius 2 is 1.09 bits per heavy atom. The molecule has 332 valence electrons.